The van der Waals surface area contributed by atoms with E-state index < -0.39 is 12.2 Å². The molecule has 0 aliphatic rings. The molecule has 0 unspecified atom stereocenters. The number of nitrogens with one attached hydrogen (secondary N) is 1. The minimum absolute atomic E-state index is 0.0287. The van der Waals surface area contributed by atoms with Crippen molar-refractivity contribution in [1.29, 1.82) is 0 Å². The second kappa shape index (κ2) is 5.63. The number of nitrogens with zero attached hydrogens (tertiary/aromatic N) is 2. The van der Waals surface area contributed by atoms with E-state index in [1.807, 2.05) is 0 Å². The standard InChI is InChI=1S/C12H11ClF3N3/c1-17-5-7-6-18-19(10(7)12(15)16)11-8(13)3-2-4-9(11)14/h2-4,6,12,17H,5H2,1H3. The van der Waals surface area contributed by atoms with Gasteiger partial charge in [0.25, 0.3) is 6.43 Å². The fourth-order valence-corrected chi connectivity index (χ4v) is 2.06. The fourth-order valence-electron chi connectivity index (χ4n) is 1.82. The maximum Gasteiger partial charge on any atom is 0.280 e. The lowest BCUT2D eigenvalue weighted by Gasteiger charge is -2.11. The molecule has 19 heavy (non-hydrogen) atoms. The Labute approximate surface area is 113 Å². The smallest absolute Gasteiger partial charge is 0.280 e. The van der Waals surface area contributed by atoms with Gasteiger partial charge in [0.05, 0.1) is 11.2 Å². The van der Waals surface area contributed by atoms with Gasteiger partial charge >= 0.3 is 0 Å². The number of halogens is 4. The summed E-state index contributed by atoms with van der Waals surface area (Å²) in [5.74, 6) is -0.700. The molecule has 0 fully saturated rings. The highest BCUT2D eigenvalue weighted by Gasteiger charge is 2.23. The molecule has 0 amide bonds. The highest BCUT2D eigenvalue weighted by Crippen LogP contribution is 2.30. The number of hydrogen-bond acceptors (Lipinski definition) is 2. The number of benzene rings is 1. The first kappa shape index (κ1) is 13.9. The average Bonchev–Trinajstić information content (AvgIpc) is 2.73. The molecule has 0 saturated carbocycles. The Morgan fingerprint density at radius 1 is 1.42 bits per heavy atom. The molecule has 7 heteroatoms. The van der Waals surface area contributed by atoms with Crippen LogP contribution in [0.2, 0.25) is 5.02 Å². The van der Waals surface area contributed by atoms with Crippen LogP contribution in [0.3, 0.4) is 0 Å². The molecule has 1 aromatic heterocycles. The van der Waals surface area contributed by atoms with Crippen LogP contribution in [-0.2, 0) is 6.54 Å². The Kier molecular flexibility index (Phi) is 4.11. The van der Waals surface area contributed by atoms with E-state index in [0.717, 1.165) is 10.7 Å². The molecule has 0 aliphatic heterocycles. The third kappa shape index (κ3) is 2.59. The summed E-state index contributed by atoms with van der Waals surface area (Å²) in [6, 6.07) is 3.98. The highest BCUT2D eigenvalue weighted by atomic mass is 35.5. The van der Waals surface area contributed by atoms with Crippen LogP contribution in [0.1, 0.15) is 17.7 Å². The van der Waals surface area contributed by atoms with Gasteiger partial charge in [-0.1, -0.05) is 17.7 Å². The Morgan fingerprint density at radius 2 is 2.16 bits per heavy atom. The summed E-state index contributed by atoms with van der Waals surface area (Å²) < 4.78 is 40.9. The molecule has 0 spiro atoms. The zero-order chi connectivity index (χ0) is 14.0. The van der Waals surface area contributed by atoms with Crippen molar-refractivity contribution in [1.82, 2.24) is 15.1 Å². The summed E-state index contributed by atoms with van der Waals surface area (Å²) in [5, 5.41) is 6.61. The molecular formula is C12H11ClF3N3. The van der Waals surface area contributed by atoms with E-state index in [1.165, 1.54) is 18.3 Å². The van der Waals surface area contributed by atoms with E-state index >= 15 is 0 Å². The van der Waals surface area contributed by atoms with Crippen molar-refractivity contribution in [3.05, 3.63) is 46.5 Å². The molecule has 0 radical (unpaired) electrons. The molecule has 2 rings (SSSR count). The summed E-state index contributed by atoms with van der Waals surface area (Å²) >= 11 is 5.87. The van der Waals surface area contributed by atoms with Gasteiger partial charge < -0.3 is 5.32 Å². The number of aromatic nitrogens is 2. The third-order valence-corrected chi connectivity index (χ3v) is 2.91. The van der Waals surface area contributed by atoms with Crippen molar-refractivity contribution in [3.8, 4) is 5.69 Å². The van der Waals surface area contributed by atoms with Gasteiger partial charge in [-0.05, 0) is 19.2 Å². The van der Waals surface area contributed by atoms with Crippen LogP contribution >= 0.6 is 11.6 Å². The van der Waals surface area contributed by atoms with E-state index in [1.54, 1.807) is 7.05 Å². The zero-order valence-electron chi connectivity index (χ0n) is 10.0. The molecular weight excluding hydrogens is 279 g/mol. The van der Waals surface area contributed by atoms with E-state index in [4.69, 9.17) is 11.6 Å². The summed E-state index contributed by atoms with van der Waals surface area (Å²) in [7, 11) is 1.63. The summed E-state index contributed by atoms with van der Waals surface area (Å²) in [6.45, 7) is 0.214. The summed E-state index contributed by atoms with van der Waals surface area (Å²) in [6.07, 6.45) is -1.50. The van der Waals surface area contributed by atoms with Crippen molar-refractivity contribution in [2.24, 2.45) is 0 Å². The first-order valence-electron chi connectivity index (χ1n) is 5.50. The second-order valence-corrected chi connectivity index (χ2v) is 4.28. The molecule has 102 valence electrons. The lowest BCUT2D eigenvalue weighted by molar-refractivity contribution is 0.141. The minimum Gasteiger partial charge on any atom is -0.316 e. The first-order valence-corrected chi connectivity index (χ1v) is 5.88. The van der Waals surface area contributed by atoms with Gasteiger partial charge in [-0.15, -0.1) is 0 Å². The van der Waals surface area contributed by atoms with Gasteiger partial charge in [0.15, 0.2) is 0 Å². The maximum atomic E-state index is 13.8. The molecule has 0 atom stereocenters. The molecule has 2 aromatic rings. The SMILES string of the molecule is CNCc1cnn(-c2c(F)cccc2Cl)c1C(F)F. The number of rotatable bonds is 4. The van der Waals surface area contributed by atoms with Gasteiger partial charge in [0.2, 0.25) is 0 Å². The van der Waals surface area contributed by atoms with Crippen LogP contribution in [0.5, 0.6) is 0 Å². The molecule has 0 bridgehead atoms. The Bertz CT molecular complexity index is 563. The largest absolute Gasteiger partial charge is 0.316 e. The van der Waals surface area contributed by atoms with Crippen LogP contribution in [-0.4, -0.2) is 16.8 Å². The third-order valence-electron chi connectivity index (χ3n) is 2.61. The predicted molar refractivity (Wildman–Crippen MR) is 66.3 cm³/mol. The predicted octanol–water partition coefficient (Wildman–Crippen LogP) is 3.32. The monoisotopic (exact) mass is 289 g/mol. The summed E-state index contributed by atoms with van der Waals surface area (Å²) in [4.78, 5) is 0. The fraction of sp³-hybridized carbons (Fsp3) is 0.250. The normalized spacial score (nSPS) is 11.3. The molecule has 3 nitrogen and oxygen atoms in total. The Balaban J connectivity index is 2.62. The minimum atomic E-state index is -2.78. The molecule has 0 aliphatic carbocycles. The van der Waals surface area contributed by atoms with Crippen LogP contribution < -0.4 is 5.32 Å². The van der Waals surface area contributed by atoms with Gasteiger partial charge in [-0.3, -0.25) is 0 Å². The molecule has 1 aromatic carbocycles. The molecule has 0 saturated heterocycles. The van der Waals surface area contributed by atoms with Crippen molar-refractivity contribution in [2.75, 3.05) is 7.05 Å². The topological polar surface area (TPSA) is 29.9 Å². The van der Waals surface area contributed by atoms with Crippen LogP contribution in [0.4, 0.5) is 13.2 Å². The first-order chi connectivity index (χ1) is 9.06. The van der Waals surface area contributed by atoms with Crippen LogP contribution in [0, 0.1) is 5.82 Å². The van der Waals surface area contributed by atoms with Crippen molar-refractivity contribution >= 4 is 11.6 Å². The number of hydrogen-bond donors (Lipinski definition) is 1. The van der Waals surface area contributed by atoms with E-state index in [2.05, 4.69) is 10.4 Å². The van der Waals surface area contributed by atoms with Gasteiger partial charge in [0.1, 0.15) is 17.2 Å². The number of para-hydroxylation sites is 1. The van der Waals surface area contributed by atoms with E-state index in [0.29, 0.717) is 5.56 Å². The lowest BCUT2D eigenvalue weighted by atomic mass is 10.2. The van der Waals surface area contributed by atoms with E-state index in [9.17, 15) is 13.2 Å². The highest BCUT2D eigenvalue weighted by molar-refractivity contribution is 6.32. The average molecular weight is 290 g/mol. The Hall–Kier alpha value is -1.53. The molecule has 1 heterocycles. The zero-order valence-corrected chi connectivity index (χ0v) is 10.8. The quantitative estimate of drug-likeness (QED) is 0.936. The van der Waals surface area contributed by atoms with Crippen LogP contribution in [0.15, 0.2) is 24.4 Å². The Morgan fingerprint density at radius 3 is 2.74 bits per heavy atom. The second-order valence-electron chi connectivity index (χ2n) is 3.87. The lowest BCUT2D eigenvalue weighted by Crippen LogP contribution is -2.10. The summed E-state index contributed by atoms with van der Waals surface area (Å²) in [5.41, 5.74) is -0.222. The molecule has 1 N–H and O–H groups in total. The van der Waals surface area contributed by atoms with Gasteiger partial charge in [0, 0.05) is 12.1 Å². The van der Waals surface area contributed by atoms with Crippen LogP contribution in [0.25, 0.3) is 5.69 Å². The van der Waals surface area contributed by atoms with Crippen molar-refractivity contribution in [3.63, 3.8) is 0 Å². The van der Waals surface area contributed by atoms with Gasteiger partial charge in [-0.25, -0.2) is 17.9 Å². The number of alkyl halides is 2. The van der Waals surface area contributed by atoms with Crippen molar-refractivity contribution < 1.29 is 13.2 Å². The van der Waals surface area contributed by atoms with Crippen molar-refractivity contribution in [2.45, 2.75) is 13.0 Å². The van der Waals surface area contributed by atoms with E-state index in [-0.39, 0.29) is 22.9 Å². The maximum absolute atomic E-state index is 13.8. The van der Waals surface area contributed by atoms with Gasteiger partial charge in [-0.2, -0.15) is 5.10 Å².